The number of fused-ring (bicyclic) bond motifs is 1. The first-order chi connectivity index (χ1) is 10.7. The molecular weight excluding hydrogens is 318 g/mol. The zero-order chi connectivity index (χ0) is 15.4. The molecule has 0 bridgehead atoms. The maximum Gasteiger partial charge on any atom is 0.355 e. The van der Waals surface area contributed by atoms with Crippen LogP contribution in [0.5, 0.6) is 0 Å². The lowest BCUT2D eigenvalue weighted by Crippen LogP contribution is -2.18. The average molecular weight is 330 g/mol. The topological polar surface area (TPSA) is 47.3 Å². The molecule has 0 aliphatic carbocycles. The molecule has 0 unspecified atom stereocenters. The van der Waals surface area contributed by atoms with Crippen molar-refractivity contribution in [3.63, 3.8) is 0 Å². The molecule has 0 saturated carbocycles. The molecule has 1 aromatic carbocycles. The van der Waals surface area contributed by atoms with Crippen molar-refractivity contribution in [3.8, 4) is 0 Å². The van der Waals surface area contributed by atoms with Gasteiger partial charge in [0.2, 0.25) is 0 Å². The van der Waals surface area contributed by atoms with Crippen molar-refractivity contribution >= 4 is 35.1 Å². The molecule has 0 aliphatic rings. The van der Waals surface area contributed by atoms with E-state index in [0.29, 0.717) is 21.6 Å². The van der Waals surface area contributed by atoms with Gasteiger partial charge in [0.15, 0.2) is 5.16 Å². The third kappa shape index (κ3) is 3.55. The minimum absolute atomic E-state index is 0.373. The Morgan fingerprint density at radius 3 is 2.77 bits per heavy atom. The van der Waals surface area contributed by atoms with Gasteiger partial charge in [-0.3, -0.25) is 0 Å². The first kappa shape index (κ1) is 14.8. The number of aromatic nitrogens is 3. The van der Waals surface area contributed by atoms with E-state index in [1.54, 1.807) is 12.1 Å². The zero-order valence-corrected chi connectivity index (χ0v) is 13.1. The van der Waals surface area contributed by atoms with Crippen LogP contribution in [0.15, 0.2) is 64.7 Å². The van der Waals surface area contributed by atoms with Gasteiger partial charge in [-0.15, -0.1) is 0 Å². The van der Waals surface area contributed by atoms with Crippen LogP contribution in [0, 0.1) is 0 Å². The van der Waals surface area contributed by atoms with E-state index < -0.39 is 0 Å². The van der Waals surface area contributed by atoms with Gasteiger partial charge < -0.3 is 0 Å². The molecule has 0 fully saturated rings. The minimum atomic E-state index is -0.373. The fourth-order valence-electron chi connectivity index (χ4n) is 1.91. The molecule has 0 atom stereocenters. The van der Waals surface area contributed by atoms with Gasteiger partial charge >= 0.3 is 5.69 Å². The number of hydrogen-bond acceptors (Lipinski definition) is 4. The van der Waals surface area contributed by atoms with Gasteiger partial charge in [0.05, 0.1) is 5.02 Å². The number of halogens is 1. The van der Waals surface area contributed by atoms with Crippen molar-refractivity contribution in [2.45, 2.75) is 5.16 Å². The lowest BCUT2D eigenvalue weighted by atomic mass is 10.2. The van der Waals surface area contributed by atoms with Crippen LogP contribution in [0.1, 0.15) is 5.56 Å². The van der Waals surface area contributed by atoms with E-state index in [0.717, 1.165) is 5.56 Å². The van der Waals surface area contributed by atoms with E-state index in [1.807, 2.05) is 42.5 Å². The predicted octanol–water partition coefficient (Wildman–Crippen LogP) is 3.55. The first-order valence-corrected chi connectivity index (χ1v) is 7.99. The van der Waals surface area contributed by atoms with Crippen LogP contribution in [-0.4, -0.2) is 20.1 Å². The van der Waals surface area contributed by atoms with Gasteiger partial charge in [-0.1, -0.05) is 65.8 Å². The molecule has 0 radical (unpaired) electrons. The molecule has 0 aliphatic heterocycles. The Kier molecular flexibility index (Phi) is 4.56. The Hall–Kier alpha value is -2.11. The van der Waals surface area contributed by atoms with Crippen LogP contribution in [-0.2, 0) is 0 Å². The minimum Gasteiger partial charge on any atom is -0.250 e. The van der Waals surface area contributed by atoms with Gasteiger partial charge in [0.25, 0.3) is 0 Å². The van der Waals surface area contributed by atoms with Gasteiger partial charge in [-0.05, 0) is 17.7 Å². The lowest BCUT2D eigenvalue weighted by molar-refractivity contribution is 0.848. The molecule has 2 aromatic heterocycles. The SMILES string of the molecule is O=c1nc(SC/C=C\c2ccccc2)nc2ccc(Cl)cn12. The molecule has 0 amide bonds. The third-order valence-corrected chi connectivity index (χ3v) is 3.94. The summed E-state index contributed by atoms with van der Waals surface area (Å²) in [5.74, 6) is 0.693. The molecule has 3 aromatic rings. The quantitative estimate of drug-likeness (QED) is 0.687. The second-order valence-electron chi connectivity index (χ2n) is 4.49. The van der Waals surface area contributed by atoms with E-state index in [4.69, 9.17) is 11.6 Å². The first-order valence-electron chi connectivity index (χ1n) is 6.63. The highest BCUT2D eigenvalue weighted by Crippen LogP contribution is 2.14. The van der Waals surface area contributed by atoms with E-state index in [1.165, 1.54) is 22.4 Å². The van der Waals surface area contributed by atoms with Crippen molar-refractivity contribution in [1.82, 2.24) is 14.4 Å². The molecule has 2 heterocycles. The summed E-state index contributed by atoms with van der Waals surface area (Å²) in [5.41, 5.74) is 1.30. The van der Waals surface area contributed by atoms with Crippen LogP contribution in [0.2, 0.25) is 5.02 Å². The van der Waals surface area contributed by atoms with Crippen molar-refractivity contribution < 1.29 is 0 Å². The molecular formula is C16H12ClN3OS. The maximum atomic E-state index is 11.9. The van der Waals surface area contributed by atoms with Crippen molar-refractivity contribution in [2.75, 3.05) is 5.75 Å². The standard InChI is InChI=1S/C16H12ClN3OS/c17-13-8-9-14-18-15(19-16(21)20(14)11-13)22-10-4-7-12-5-2-1-3-6-12/h1-9,11H,10H2/b7-4-. The molecule has 4 nitrogen and oxygen atoms in total. The highest BCUT2D eigenvalue weighted by atomic mass is 35.5. The Morgan fingerprint density at radius 2 is 1.95 bits per heavy atom. The number of rotatable bonds is 4. The summed E-state index contributed by atoms with van der Waals surface area (Å²) in [6.07, 6.45) is 5.57. The third-order valence-electron chi connectivity index (χ3n) is 2.92. The summed E-state index contributed by atoms with van der Waals surface area (Å²) >= 11 is 7.28. The van der Waals surface area contributed by atoms with E-state index in [2.05, 4.69) is 9.97 Å². The Balaban J connectivity index is 1.73. The highest BCUT2D eigenvalue weighted by Gasteiger charge is 2.04. The van der Waals surface area contributed by atoms with Crippen LogP contribution >= 0.6 is 23.4 Å². The van der Waals surface area contributed by atoms with E-state index >= 15 is 0 Å². The average Bonchev–Trinajstić information content (AvgIpc) is 2.53. The number of benzene rings is 1. The molecule has 0 spiro atoms. The van der Waals surface area contributed by atoms with Crippen molar-refractivity contribution in [2.24, 2.45) is 0 Å². The Bertz CT molecular complexity index is 877. The number of hydrogen-bond donors (Lipinski definition) is 0. The number of nitrogens with zero attached hydrogens (tertiary/aromatic N) is 3. The van der Waals surface area contributed by atoms with Gasteiger partial charge in [-0.25, -0.2) is 14.2 Å². The summed E-state index contributed by atoms with van der Waals surface area (Å²) in [6.45, 7) is 0. The fraction of sp³-hybridized carbons (Fsp3) is 0.0625. The summed E-state index contributed by atoms with van der Waals surface area (Å²) < 4.78 is 1.34. The van der Waals surface area contributed by atoms with E-state index in [-0.39, 0.29) is 5.69 Å². The molecule has 0 N–H and O–H groups in total. The molecule has 3 rings (SSSR count). The summed E-state index contributed by atoms with van der Waals surface area (Å²) in [6, 6.07) is 13.4. The Labute approximate surface area is 136 Å². The largest absolute Gasteiger partial charge is 0.355 e. The molecule has 110 valence electrons. The Morgan fingerprint density at radius 1 is 1.14 bits per heavy atom. The second kappa shape index (κ2) is 6.77. The highest BCUT2D eigenvalue weighted by molar-refractivity contribution is 7.99. The normalized spacial score (nSPS) is 11.3. The second-order valence-corrected chi connectivity index (χ2v) is 5.91. The van der Waals surface area contributed by atoms with Crippen molar-refractivity contribution in [3.05, 3.63) is 75.8 Å². The van der Waals surface area contributed by atoms with Gasteiger partial charge in [0, 0.05) is 11.9 Å². The zero-order valence-electron chi connectivity index (χ0n) is 11.5. The smallest absolute Gasteiger partial charge is 0.250 e. The summed E-state index contributed by atoms with van der Waals surface area (Å²) in [7, 11) is 0. The molecule has 6 heteroatoms. The molecule has 0 saturated heterocycles. The van der Waals surface area contributed by atoms with Gasteiger partial charge in [-0.2, -0.15) is 4.98 Å². The van der Waals surface area contributed by atoms with Crippen LogP contribution in [0.25, 0.3) is 11.7 Å². The summed E-state index contributed by atoms with van der Waals surface area (Å²) in [4.78, 5) is 20.2. The fourth-order valence-corrected chi connectivity index (χ4v) is 2.71. The molecule has 22 heavy (non-hydrogen) atoms. The predicted molar refractivity (Wildman–Crippen MR) is 90.5 cm³/mol. The van der Waals surface area contributed by atoms with Crippen LogP contribution in [0.4, 0.5) is 0 Å². The number of thioether (sulfide) groups is 1. The van der Waals surface area contributed by atoms with E-state index in [9.17, 15) is 4.79 Å². The number of pyridine rings is 1. The van der Waals surface area contributed by atoms with Crippen molar-refractivity contribution in [1.29, 1.82) is 0 Å². The maximum absolute atomic E-state index is 11.9. The monoisotopic (exact) mass is 329 g/mol. The summed E-state index contributed by atoms with van der Waals surface area (Å²) in [5, 5.41) is 0.939. The van der Waals surface area contributed by atoms with Gasteiger partial charge in [0.1, 0.15) is 5.65 Å². The van der Waals surface area contributed by atoms with Crippen LogP contribution in [0.3, 0.4) is 0 Å². The van der Waals surface area contributed by atoms with Crippen LogP contribution < -0.4 is 5.69 Å². The lowest BCUT2D eigenvalue weighted by Gasteiger charge is -2.02.